The van der Waals surface area contributed by atoms with Crippen molar-refractivity contribution in [1.29, 1.82) is 0 Å². The molecule has 0 unspecified atom stereocenters. The molecule has 0 aliphatic rings. The molecule has 2 N–H and O–H groups in total. The zero-order valence-corrected chi connectivity index (χ0v) is 17.8. The number of H-pyrrole nitrogens is 2. The lowest BCUT2D eigenvalue weighted by atomic mass is 10.0. The molecular formula is C20H19Cl2N4O3+. The van der Waals surface area contributed by atoms with Crippen LogP contribution in [0.1, 0.15) is 12.7 Å². The van der Waals surface area contributed by atoms with E-state index in [0.29, 0.717) is 34.8 Å². The first-order valence-corrected chi connectivity index (χ1v) is 9.71. The summed E-state index contributed by atoms with van der Waals surface area (Å²) in [5.74, 6) is 1.50. The van der Waals surface area contributed by atoms with Crippen LogP contribution in [0.5, 0.6) is 11.5 Å². The van der Waals surface area contributed by atoms with Crippen molar-refractivity contribution >= 4 is 45.3 Å². The third-order valence-corrected chi connectivity index (χ3v) is 5.65. The molecule has 150 valence electrons. The van der Waals surface area contributed by atoms with Gasteiger partial charge >= 0.3 is 5.65 Å². The number of methoxy groups -OCH3 is 2. The molecule has 0 atom stereocenters. The van der Waals surface area contributed by atoms with Crippen molar-refractivity contribution in [2.45, 2.75) is 20.4 Å². The van der Waals surface area contributed by atoms with Gasteiger partial charge in [0.15, 0.2) is 5.52 Å². The van der Waals surface area contributed by atoms with Gasteiger partial charge in [0.05, 0.1) is 41.5 Å². The summed E-state index contributed by atoms with van der Waals surface area (Å²) in [6, 6.07) is 3.36. The standard InChI is InChI=1S/C20H18Cl2N4O3/c1-5-26-18-10(8-23-19-17(18)24-9(2)25-19)6-11(20(26)27)14-15(21)12(28-3)7-13(29-4)16(14)22/h6-8H,5H2,1-4H3,(H,23,24,25)/p+1. The van der Waals surface area contributed by atoms with Crippen LogP contribution in [0.4, 0.5) is 0 Å². The van der Waals surface area contributed by atoms with Gasteiger partial charge in [-0.3, -0.25) is 4.79 Å². The molecule has 4 aromatic rings. The number of hydrogen-bond donors (Lipinski definition) is 1. The van der Waals surface area contributed by atoms with E-state index >= 15 is 0 Å². The first-order chi connectivity index (χ1) is 13.9. The van der Waals surface area contributed by atoms with Gasteiger partial charge in [0.2, 0.25) is 5.82 Å². The Bertz CT molecular complexity index is 1300. The van der Waals surface area contributed by atoms with Gasteiger partial charge in [-0.2, -0.15) is 0 Å². The summed E-state index contributed by atoms with van der Waals surface area (Å²) in [7, 11) is 2.99. The number of halogens is 2. The van der Waals surface area contributed by atoms with E-state index in [0.717, 1.165) is 22.2 Å². The Balaban J connectivity index is 2.16. The number of nitrogens with one attached hydrogen (secondary N) is 2. The molecule has 0 fully saturated rings. The Morgan fingerprint density at radius 1 is 1.17 bits per heavy atom. The minimum Gasteiger partial charge on any atom is -0.495 e. The molecule has 1 aromatic carbocycles. The second-order valence-corrected chi connectivity index (χ2v) is 7.29. The number of aromatic nitrogens is 4. The van der Waals surface area contributed by atoms with E-state index in [1.54, 1.807) is 16.7 Å². The molecule has 0 aliphatic carbocycles. The second-order valence-electron chi connectivity index (χ2n) is 6.53. The number of nitrogens with zero attached hydrogens (tertiary/aromatic N) is 2. The molecule has 0 spiro atoms. The topological polar surface area (TPSA) is 83.3 Å². The predicted octanol–water partition coefficient (Wildman–Crippen LogP) is 4.01. The van der Waals surface area contributed by atoms with Gasteiger partial charge < -0.3 is 19.0 Å². The Morgan fingerprint density at radius 3 is 2.41 bits per heavy atom. The fourth-order valence-corrected chi connectivity index (χ4v) is 4.30. The number of ether oxygens (including phenoxy) is 2. The summed E-state index contributed by atoms with van der Waals surface area (Å²) in [4.78, 5) is 24.3. The van der Waals surface area contributed by atoms with Gasteiger partial charge in [-0.25, -0.2) is 4.98 Å². The molecule has 3 heterocycles. The first-order valence-electron chi connectivity index (χ1n) is 8.96. The van der Waals surface area contributed by atoms with Gasteiger partial charge in [-0.15, -0.1) is 0 Å². The van der Waals surface area contributed by atoms with Crippen LogP contribution in [0, 0.1) is 6.92 Å². The fourth-order valence-electron chi connectivity index (χ4n) is 3.59. The van der Waals surface area contributed by atoms with Crippen molar-refractivity contribution in [2.24, 2.45) is 0 Å². The summed E-state index contributed by atoms with van der Waals surface area (Å²) in [5, 5.41) is 1.31. The van der Waals surface area contributed by atoms with Gasteiger partial charge in [-0.1, -0.05) is 23.2 Å². The summed E-state index contributed by atoms with van der Waals surface area (Å²) < 4.78 is 12.4. The van der Waals surface area contributed by atoms with Crippen LogP contribution in [0.2, 0.25) is 10.0 Å². The maximum Gasteiger partial charge on any atom is 0.348 e. The van der Waals surface area contributed by atoms with E-state index < -0.39 is 0 Å². The highest BCUT2D eigenvalue weighted by molar-refractivity contribution is 6.41. The smallest absolute Gasteiger partial charge is 0.348 e. The van der Waals surface area contributed by atoms with E-state index in [-0.39, 0.29) is 15.6 Å². The SMILES string of the molecule is CCn1c(=O)c(-c2c(Cl)c(OC)cc(OC)c2Cl)cc2c[nH+]c3nc(C)[nH]c3c21. The van der Waals surface area contributed by atoms with Gasteiger partial charge in [0.25, 0.3) is 5.56 Å². The molecule has 0 saturated heterocycles. The van der Waals surface area contributed by atoms with Crippen molar-refractivity contribution in [3.8, 4) is 22.6 Å². The summed E-state index contributed by atoms with van der Waals surface area (Å²) in [5.41, 5.74) is 2.72. The predicted molar refractivity (Wildman–Crippen MR) is 113 cm³/mol. The highest BCUT2D eigenvalue weighted by atomic mass is 35.5. The Hall–Kier alpha value is -2.77. The molecule has 3 aromatic heterocycles. The Morgan fingerprint density at radius 2 is 1.83 bits per heavy atom. The van der Waals surface area contributed by atoms with Crippen LogP contribution in [0.25, 0.3) is 33.2 Å². The summed E-state index contributed by atoms with van der Waals surface area (Å²) in [6.07, 6.45) is 1.81. The quantitative estimate of drug-likeness (QED) is 0.526. The molecule has 29 heavy (non-hydrogen) atoms. The second kappa shape index (κ2) is 7.24. The van der Waals surface area contributed by atoms with E-state index in [9.17, 15) is 4.79 Å². The van der Waals surface area contributed by atoms with Crippen LogP contribution >= 0.6 is 23.2 Å². The number of pyridine rings is 2. The molecule has 0 amide bonds. The molecule has 0 aliphatic heterocycles. The molecule has 0 saturated carbocycles. The minimum atomic E-state index is -0.223. The van der Waals surface area contributed by atoms with E-state index in [1.165, 1.54) is 14.2 Å². The number of aromatic amines is 2. The van der Waals surface area contributed by atoms with Crippen molar-refractivity contribution in [3.63, 3.8) is 0 Å². The zero-order valence-electron chi connectivity index (χ0n) is 16.3. The number of rotatable bonds is 4. The number of hydrogen-bond acceptors (Lipinski definition) is 4. The maximum atomic E-state index is 13.5. The minimum absolute atomic E-state index is 0.223. The fraction of sp³-hybridized carbons (Fsp3) is 0.250. The van der Waals surface area contributed by atoms with Crippen LogP contribution in [0.3, 0.4) is 0 Å². The van der Waals surface area contributed by atoms with Crippen LogP contribution in [0.15, 0.2) is 23.1 Å². The molecule has 7 nitrogen and oxygen atoms in total. The van der Waals surface area contributed by atoms with E-state index in [4.69, 9.17) is 32.7 Å². The molecule has 9 heteroatoms. The van der Waals surface area contributed by atoms with Crippen LogP contribution in [-0.4, -0.2) is 28.8 Å². The lowest BCUT2D eigenvalue weighted by molar-refractivity contribution is -0.345. The van der Waals surface area contributed by atoms with Crippen molar-refractivity contribution in [2.75, 3.05) is 14.2 Å². The van der Waals surface area contributed by atoms with Crippen LogP contribution < -0.4 is 20.0 Å². The Labute approximate surface area is 176 Å². The number of fused-ring (bicyclic) bond motifs is 3. The Kier molecular flexibility index (Phi) is 4.88. The monoisotopic (exact) mass is 433 g/mol. The average molecular weight is 434 g/mol. The number of benzene rings is 1. The molecule has 0 radical (unpaired) electrons. The number of imidazole rings is 1. The molecule has 4 rings (SSSR count). The van der Waals surface area contributed by atoms with Crippen molar-refractivity contribution < 1.29 is 14.5 Å². The summed E-state index contributed by atoms with van der Waals surface area (Å²) in [6.45, 7) is 4.23. The lowest BCUT2D eigenvalue weighted by Gasteiger charge is -2.16. The van der Waals surface area contributed by atoms with Gasteiger partial charge in [0, 0.05) is 30.5 Å². The van der Waals surface area contributed by atoms with E-state index in [1.807, 2.05) is 20.0 Å². The van der Waals surface area contributed by atoms with Crippen LogP contribution in [-0.2, 0) is 6.54 Å². The van der Waals surface area contributed by atoms with Crippen molar-refractivity contribution in [3.05, 3.63) is 44.6 Å². The number of aryl methyl sites for hydroxylation is 2. The largest absolute Gasteiger partial charge is 0.495 e. The van der Waals surface area contributed by atoms with Crippen molar-refractivity contribution in [1.82, 2.24) is 14.5 Å². The zero-order chi connectivity index (χ0) is 20.9. The average Bonchev–Trinajstić information content (AvgIpc) is 3.09. The van der Waals surface area contributed by atoms with Gasteiger partial charge in [-0.05, 0) is 18.0 Å². The third kappa shape index (κ3) is 2.92. The summed E-state index contributed by atoms with van der Waals surface area (Å²) >= 11 is 13.1. The lowest BCUT2D eigenvalue weighted by Crippen LogP contribution is -2.23. The molecular weight excluding hydrogens is 415 g/mol. The highest BCUT2D eigenvalue weighted by Gasteiger charge is 2.24. The van der Waals surface area contributed by atoms with Gasteiger partial charge in [0.1, 0.15) is 11.5 Å². The first kappa shape index (κ1) is 19.5. The third-order valence-electron chi connectivity index (χ3n) is 4.90. The maximum absolute atomic E-state index is 13.5. The molecule has 0 bridgehead atoms. The normalized spacial score (nSPS) is 11.4. The highest BCUT2D eigenvalue weighted by Crippen LogP contribution is 2.45. The van der Waals surface area contributed by atoms with E-state index in [2.05, 4.69) is 15.0 Å².